The summed E-state index contributed by atoms with van der Waals surface area (Å²) >= 11 is 0. The van der Waals surface area contributed by atoms with E-state index in [1.54, 1.807) is 32.6 Å². The van der Waals surface area contributed by atoms with E-state index in [0.29, 0.717) is 6.54 Å². The molecule has 0 heterocycles. The number of nitrogens with one attached hydrogen (secondary N) is 1. The van der Waals surface area contributed by atoms with Gasteiger partial charge in [0.2, 0.25) is 5.91 Å². The predicted molar refractivity (Wildman–Crippen MR) is 92.8 cm³/mol. The number of ether oxygens (including phenoxy) is 1. The summed E-state index contributed by atoms with van der Waals surface area (Å²) in [7, 11) is 0. The van der Waals surface area contributed by atoms with Gasteiger partial charge in [0, 0.05) is 12.2 Å². The fourth-order valence-corrected chi connectivity index (χ4v) is 2.44. The second kappa shape index (κ2) is 7.49. The number of rotatable bonds is 4. The number of benzene rings is 1. The van der Waals surface area contributed by atoms with Crippen molar-refractivity contribution in [2.24, 2.45) is 0 Å². The van der Waals surface area contributed by atoms with Gasteiger partial charge in [0.25, 0.3) is 0 Å². The van der Waals surface area contributed by atoms with Gasteiger partial charge >= 0.3 is 6.09 Å². The van der Waals surface area contributed by atoms with Crippen LogP contribution < -0.4 is 10.2 Å². The fraction of sp³-hybridized carbons (Fsp3) is 0.556. The first-order valence-corrected chi connectivity index (χ1v) is 7.94. The number of para-hydroxylation sites is 1. The van der Waals surface area contributed by atoms with Gasteiger partial charge in [-0.15, -0.1) is 0 Å². The first-order valence-electron chi connectivity index (χ1n) is 7.94. The van der Waals surface area contributed by atoms with E-state index < -0.39 is 17.7 Å². The molecule has 128 valence electrons. The van der Waals surface area contributed by atoms with Crippen LogP contribution in [0.25, 0.3) is 0 Å². The molecule has 0 bridgehead atoms. The molecule has 0 radical (unpaired) electrons. The summed E-state index contributed by atoms with van der Waals surface area (Å²) in [4.78, 5) is 26.3. The Morgan fingerprint density at radius 1 is 1.22 bits per heavy atom. The molecule has 0 saturated heterocycles. The number of hydrogen-bond acceptors (Lipinski definition) is 3. The van der Waals surface area contributed by atoms with Gasteiger partial charge in [0.05, 0.1) is 0 Å². The molecule has 0 fully saturated rings. The maximum Gasteiger partial charge on any atom is 0.408 e. The van der Waals surface area contributed by atoms with Crippen molar-refractivity contribution in [1.29, 1.82) is 0 Å². The lowest BCUT2D eigenvalue weighted by Gasteiger charge is -2.28. The molecular formula is C18H28N2O3. The predicted octanol–water partition coefficient (Wildman–Crippen LogP) is 3.57. The highest BCUT2D eigenvalue weighted by Gasteiger charge is 2.26. The second-order valence-corrected chi connectivity index (χ2v) is 6.69. The number of carbonyl (C=O) groups is 2. The van der Waals surface area contributed by atoms with Crippen molar-refractivity contribution in [2.75, 3.05) is 11.4 Å². The van der Waals surface area contributed by atoms with Crippen LogP contribution in [0.15, 0.2) is 18.2 Å². The molecule has 1 rings (SSSR count). The molecule has 5 nitrogen and oxygen atoms in total. The molecule has 0 spiro atoms. The molecule has 1 atom stereocenters. The van der Waals surface area contributed by atoms with Crippen LogP contribution in [-0.2, 0) is 9.53 Å². The number of hydrogen-bond donors (Lipinski definition) is 1. The van der Waals surface area contributed by atoms with Gasteiger partial charge in [-0.1, -0.05) is 18.2 Å². The number of carbonyl (C=O) groups excluding carboxylic acids is 2. The quantitative estimate of drug-likeness (QED) is 0.922. The number of aryl methyl sites for hydroxylation is 2. The van der Waals surface area contributed by atoms with E-state index in [-0.39, 0.29) is 5.91 Å². The standard InChI is InChI=1S/C18H28N2O3/c1-8-20(15-12(2)10-9-11-13(15)3)16(21)14(4)19-17(22)23-18(5,6)7/h9-11,14H,8H2,1-7H3,(H,19,22)/t14-/m1/s1. The number of likely N-dealkylation sites (N-methyl/N-ethyl adjacent to an activating group) is 1. The fourth-order valence-electron chi connectivity index (χ4n) is 2.44. The minimum Gasteiger partial charge on any atom is -0.444 e. The van der Waals surface area contributed by atoms with Crippen LogP contribution in [0.3, 0.4) is 0 Å². The first-order chi connectivity index (χ1) is 10.6. The van der Waals surface area contributed by atoms with Crippen molar-refractivity contribution in [3.8, 4) is 0 Å². The maximum absolute atomic E-state index is 12.7. The monoisotopic (exact) mass is 320 g/mol. The van der Waals surface area contributed by atoms with Crippen LogP contribution in [0.5, 0.6) is 0 Å². The van der Waals surface area contributed by atoms with Crippen LogP contribution in [0.2, 0.25) is 0 Å². The average Bonchev–Trinajstić information content (AvgIpc) is 2.40. The molecule has 23 heavy (non-hydrogen) atoms. The normalized spacial score (nSPS) is 12.5. The van der Waals surface area contributed by atoms with Crippen molar-refractivity contribution < 1.29 is 14.3 Å². The Morgan fingerprint density at radius 2 is 1.74 bits per heavy atom. The third kappa shape index (κ3) is 5.27. The molecule has 1 N–H and O–H groups in total. The highest BCUT2D eigenvalue weighted by Crippen LogP contribution is 2.25. The van der Waals surface area contributed by atoms with Gasteiger partial charge in [-0.05, 0) is 59.6 Å². The summed E-state index contributed by atoms with van der Waals surface area (Å²) < 4.78 is 5.20. The summed E-state index contributed by atoms with van der Waals surface area (Å²) in [5.41, 5.74) is 2.37. The lowest BCUT2D eigenvalue weighted by molar-refractivity contribution is -0.120. The summed E-state index contributed by atoms with van der Waals surface area (Å²) in [5, 5.41) is 2.61. The van der Waals surface area contributed by atoms with Crippen molar-refractivity contribution in [3.63, 3.8) is 0 Å². The van der Waals surface area contributed by atoms with Crippen molar-refractivity contribution in [3.05, 3.63) is 29.3 Å². The zero-order valence-electron chi connectivity index (χ0n) is 15.2. The minimum atomic E-state index is -0.663. The van der Waals surface area contributed by atoms with E-state index in [1.165, 1.54) is 0 Å². The Hall–Kier alpha value is -2.04. The first kappa shape index (κ1) is 19.0. The zero-order valence-corrected chi connectivity index (χ0v) is 15.2. The molecule has 0 saturated carbocycles. The molecule has 0 unspecified atom stereocenters. The van der Waals surface area contributed by atoms with E-state index in [4.69, 9.17) is 4.74 Å². The SMILES string of the molecule is CCN(C(=O)[C@@H](C)NC(=O)OC(C)(C)C)c1c(C)cccc1C. The molecule has 0 aliphatic heterocycles. The second-order valence-electron chi connectivity index (χ2n) is 6.69. The Bertz CT molecular complexity index is 556. The van der Waals surface area contributed by atoms with Crippen LogP contribution >= 0.6 is 0 Å². The largest absolute Gasteiger partial charge is 0.444 e. The van der Waals surface area contributed by atoms with Crippen LogP contribution in [0.1, 0.15) is 45.7 Å². The van der Waals surface area contributed by atoms with Gasteiger partial charge in [0.1, 0.15) is 11.6 Å². The molecule has 2 amide bonds. The Balaban J connectivity index is 2.90. The summed E-state index contributed by atoms with van der Waals surface area (Å²) in [6, 6.07) is 5.26. The van der Waals surface area contributed by atoms with Gasteiger partial charge in [-0.2, -0.15) is 0 Å². The van der Waals surface area contributed by atoms with Gasteiger partial charge in [-0.3, -0.25) is 4.79 Å². The van der Waals surface area contributed by atoms with Crippen LogP contribution in [0.4, 0.5) is 10.5 Å². The van der Waals surface area contributed by atoms with E-state index >= 15 is 0 Å². The zero-order chi connectivity index (χ0) is 17.8. The average molecular weight is 320 g/mol. The van der Waals surface area contributed by atoms with E-state index in [9.17, 15) is 9.59 Å². The molecule has 0 aromatic heterocycles. The number of nitrogens with zero attached hydrogens (tertiary/aromatic N) is 1. The van der Waals surface area contributed by atoms with Gasteiger partial charge in [0.15, 0.2) is 0 Å². The van der Waals surface area contributed by atoms with E-state index in [2.05, 4.69) is 5.32 Å². The third-order valence-corrected chi connectivity index (χ3v) is 3.40. The van der Waals surface area contributed by atoms with Crippen molar-refractivity contribution >= 4 is 17.7 Å². The highest BCUT2D eigenvalue weighted by molar-refractivity contribution is 5.99. The molecule has 0 aliphatic carbocycles. The van der Waals surface area contributed by atoms with E-state index in [0.717, 1.165) is 16.8 Å². The molecule has 0 aliphatic rings. The topological polar surface area (TPSA) is 58.6 Å². The summed E-state index contributed by atoms with van der Waals surface area (Å²) in [6.45, 7) is 13.4. The molecular weight excluding hydrogens is 292 g/mol. The molecule has 1 aromatic carbocycles. The van der Waals surface area contributed by atoms with Crippen LogP contribution in [-0.4, -0.2) is 30.2 Å². The van der Waals surface area contributed by atoms with Crippen molar-refractivity contribution in [1.82, 2.24) is 5.32 Å². The Labute approximate surface area is 139 Å². The number of anilines is 1. The van der Waals surface area contributed by atoms with Crippen molar-refractivity contribution in [2.45, 2.75) is 60.1 Å². The maximum atomic E-state index is 12.7. The summed E-state index contributed by atoms with van der Waals surface area (Å²) in [6.07, 6.45) is -0.587. The van der Waals surface area contributed by atoms with Crippen LogP contribution in [0, 0.1) is 13.8 Å². The van der Waals surface area contributed by atoms with Gasteiger partial charge in [-0.25, -0.2) is 4.79 Å². The number of amides is 2. The highest BCUT2D eigenvalue weighted by atomic mass is 16.6. The summed E-state index contributed by atoms with van der Waals surface area (Å²) in [5.74, 6) is -0.157. The third-order valence-electron chi connectivity index (χ3n) is 3.40. The Kier molecular flexibility index (Phi) is 6.19. The molecule has 5 heteroatoms. The minimum absolute atomic E-state index is 0.157. The number of alkyl carbamates (subject to hydrolysis) is 1. The van der Waals surface area contributed by atoms with Gasteiger partial charge < -0.3 is 15.0 Å². The lowest BCUT2D eigenvalue weighted by atomic mass is 10.1. The lowest BCUT2D eigenvalue weighted by Crippen LogP contribution is -2.48. The van der Waals surface area contributed by atoms with E-state index in [1.807, 2.05) is 39.0 Å². The smallest absolute Gasteiger partial charge is 0.408 e. The molecule has 1 aromatic rings. The Morgan fingerprint density at radius 3 is 2.17 bits per heavy atom.